The first kappa shape index (κ1) is 15.4. The quantitative estimate of drug-likeness (QED) is 0.887. The molecule has 0 aliphatic carbocycles. The van der Waals surface area contributed by atoms with Crippen molar-refractivity contribution in [3.63, 3.8) is 0 Å². The summed E-state index contributed by atoms with van der Waals surface area (Å²) in [6.45, 7) is 5.17. The molecule has 0 unspecified atom stereocenters. The van der Waals surface area contributed by atoms with Crippen LogP contribution >= 0.6 is 11.3 Å². The Morgan fingerprint density at radius 2 is 2.23 bits per heavy atom. The number of β-amino-alcohol motifs (C(OH)–C–C–N with tert-alkyl or cyclic N) is 1. The van der Waals surface area contributed by atoms with Crippen LogP contribution in [-0.4, -0.2) is 46.2 Å². The van der Waals surface area contributed by atoms with Gasteiger partial charge >= 0.3 is 0 Å². The fourth-order valence-corrected chi connectivity index (χ4v) is 3.63. The van der Waals surface area contributed by atoms with Gasteiger partial charge in [-0.3, -0.25) is 0 Å². The van der Waals surface area contributed by atoms with Crippen LogP contribution < -0.4 is 5.32 Å². The van der Waals surface area contributed by atoms with Gasteiger partial charge in [-0.2, -0.15) is 0 Å². The molecule has 0 aromatic carbocycles. The summed E-state index contributed by atoms with van der Waals surface area (Å²) in [6.07, 6.45) is 4.03. The molecule has 0 saturated carbocycles. The van der Waals surface area contributed by atoms with E-state index in [1.54, 1.807) is 17.5 Å². The summed E-state index contributed by atoms with van der Waals surface area (Å²) >= 11 is 1.64. The highest BCUT2D eigenvalue weighted by molar-refractivity contribution is 7.13. The van der Waals surface area contributed by atoms with Gasteiger partial charge in [-0.25, -0.2) is 9.97 Å². The van der Waals surface area contributed by atoms with Gasteiger partial charge in [0.2, 0.25) is 0 Å². The van der Waals surface area contributed by atoms with Gasteiger partial charge in [0.1, 0.15) is 5.82 Å². The second-order valence-electron chi connectivity index (χ2n) is 5.71. The molecule has 118 valence electrons. The van der Waals surface area contributed by atoms with Crippen molar-refractivity contribution >= 4 is 22.3 Å². The maximum Gasteiger partial charge on any atom is 0.188 e. The number of rotatable bonds is 5. The van der Waals surface area contributed by atoms with E-state index in [0.29, 0.717) is 5.92 Å². The van der Waals surface area contributed by atoms with Crippen LogP contribution in [0.15, 0.2) is 23.7 Å². The third-order valence-electron chi connectivity index (χ3n) is 4.18. The monoisotopic (exact) mass is 318 g/mol. The lowest BCUT2D eigenvalue weighted by atomic mass is 9.94. The molecule has 2 N–H and O–H groups in total. The highest BCUT2D eigenvalue weighted by atomic mass is 32.1. The maximum atomic E-state index is 9.00. The summed E-state index contributed by atoms with van der Waals surface area (Å²) in [7, 11) is 0. The van der Waals surface area contributed by atoms with Crippen molar-refractivity contribution in [1.82, 2.24) is 14.9 Å². The van der Waals surface area contributed by atoms with E-state index >= 15 is 0 Å². The second kappa shape index (κ2) is 7.17. The molecular weight excluding hydrogens is 296 g/mol. The average Bonchev–Trinajstić information content (AvgIpc) is 2.99. The van der Waals surface area contributed by atoms with E-state index in [1.165, 1.54) is 5.69 Å². The number of hydrogen-bond acceptors (Lipinski definition) is 6. The summed E-state index contributed by atoms with van der Waals surface area (Å²) in [5.74, 6) is 1.41. The Bertz CT molecular complexity index is 608. The van der Waals surface area contributed by atoms with E-state index in [0.717, 1.165) is 49.0 Å². The SMILES string of the molecule is Cc1cccnc1Nc1nc(C2CCN(CCO)CC2)cs1. The molecule has 1 aliphatic rings. The number of hydrogen-bond donors (Lipinski definition) is 2. The number of anilines is 2. The van der Waals surface area contributed by atoms with Gasteiger partial charge in [-0.15, -0.1) is 11.3 Å². The van der Waals surface area contributed by atoms with E-state index in [-0.39, 0.29) is 6.61 Å². The molecular formula is C16H22N4OS. The predicted molar refractivity (Wildman–Crippen MR) is 89.9 cm³/mol. The summed E-state index contributed by atoms with van der Waals surface area (Å²) in [6, 6.07) is 3.98. The highest BCUT2D eigenvalue weighted by Crippen LogP contribution is 2.31. The summed E-state index contributed by atoms with van der Waals surface area (Å²) in [5, 5.41) is 15.4. The number of aryl methyl sites for hydroxylation is 1. The van der Waals surface area contributed by atoms with E-state index in [2.05, 4.69) is 20.6 Å². The smallest absolute Gasteiger partial charge is 0.188 e. The minimum Gasteiger partial charge on any atom is -0.395 e. The highest BCUT2D eigenvalue weighted by Gasteiger charge is 2.22. The predicted octanol–water partition coefficient (Wildman–Crippen LogP) is 2.76. The van der Waals surface area contributed by atoms with Crippen LogP contribution in [0.3, 0.4) is 0 Å². The lowest BCUT2D eigenvalue weighted by Gasteiger charge is -2.30. The largest absolute Gasteiger partial charge is 0.395 e. The molecule has 0 atom stereocenters. The van der Waals surface area contributed by atoms with Gasteiger partial charge in [-0.1, -0.05) is 6.07 Å². The normalized spacial score (nSPS) is 16.8. The van der Waals surface area contributed by atoms with Crippen LogP contribution in [0, 0.1) is 6.92 Å². The van der Waals surface area contributed by atoms with Crippen molar-refractivity contribution in [2.75, 3.05) is 31.6 Å². The summed E-state index contributed by atoms with van der Waals surface area (Å²) in [5.41, 5.74) is 2.31. The molecule has 1 saturated heterocycles. The number of pyridine rings is 1. The fourth-order valence-electron chi connectivity index (χ4n) is 2.84. The van der Waals surface area contributed by atoms with E-state index in [1.807, 2.05) is 19.1 Å². The van der Waals surface area contributed by atoms with Crippen LogP contribution in [0.5, 0.6) is 0 Å². The summed E-state index contributed by atoms with van der Waals surface area (Å²) in [4.78, 5) is 11.4. The Hall–Kier alpha value is -1.50. The zero-order valence-corrected chi connectivity index (χ0v) is 13.6. The number of likely N-dealkylation sites (tertiary alicyclic amines) is 1. The first-order chi connectivity index (χ1) is 10.8. The number of aromatic nitrogens is 2. The molecule has 3 heterocycles. The molecule has 3 rings (SSSR count). The topological polar surface area (TPSA) is 61.3 Å². The minimum absolute atomic E-state index is 0.249. The number of aliphatic hydroxyl groups is 1. The second-order valence-corrected chi connectivity index (χ2v) is 6.57. The Kier molecular flexibility index (Phi) is 5.02. The molecule has 2 aromatic rings. The standard InChI is InChI=1S/C16H22N4OS/c1-12-3-2-6-17-15(12)19-16-18-14(11-22-16)13-4-7-20(8-5-13)9-10-21/h2-3,6,11,13,21H,4-5,7-10H2,1H3,(H,17,18,19). The van der Waals surface area contributed by atoms with Crippen molar-refractivity contribution < 1.29 is 5.11 Å². The first-order valence-electron chi connectivity index (χ1n) is 7.73. The number of aliphatic hydroxyl groups excluding tert-OH is 1. The molecule has 0 amide bonds. The van der Waals surface area contributed by atoms with Gasteiger partial charge in [0.25, 0.3) is 0 Å². The van der Waals surface area contributed by atoms with Crippen molar-refractivity contribution in [3.05, 3.63) is 35.0 Å². The number of piperidine rings is 1. The zero-order chi connectivity index (χ0) is 15.4. The van der Waals surface area contributed by atoms with Crippen molar-refractivity contribution in [1.29, 1.82) is 0 Å². The summed E-state index contributed by atoms with van der Waals surface area (Å²) < 4.78 is 0. The van der Waals surface area contributed by atoms with Crippen LogP contribution in [0.4, 0.5) is 10.9 Å². The van der Waals surface area contributed by atoms with Gasteiger partial charge in [0, 0.05) is 24.0 Å². The Balaban J connectivity index is 1.61. The van der Waals surface area contributed by atoms with E-state index in [9.17, 15) is 0 Å². The lowest BCUT2D eigenvalue weighted by Crippen LogP contribution is -2.35. The number of thiazole rings is 1. The van der Waals surface area contributed by atoms with Gasteiger partial charge in [0.05, 0.1) is 12.3 Å². The minimum atomic E-state index is 0.249. The van der Waals surface area contributed by atoms with Crippen molar-refractivity contribution in [2.24, 2.45) is 0 Å². The van der Waals surface area contributed by atoms with Gasteiger partial charge < -0.3 is 15.3 Å². The molecule has 0 radical (unpaired) electrons. The number of nitrogens with one attached hydrogen (secondary N) is 1. The van der Waals surface area contributed by atoms with Crippen LogP contribution in [-0.2, 0) is 0 Å². The maximum absolute atomic E-state index is 9.00. The molecule has 1 fully saturated rings. The molecule has 5 nitrogen and oxygen atoms in total. The molecule has 2 aromatic heterocycles. The molecule has 0 bridgehead atoms. The third kappa shape index (κ3) is 3.63. The van der Waals surface area contributed by atoms with Gasteiger partial charge in [-0.05, 0) is 44.5 Å². The Morgan fingerprint density at radius 1 is 1.41 bits per heavy atom. The number of nitrogens with zero attached hydrogens (tertiary/aromatic N) is 3. The molecule has 1 aliphatic heterocycles. The Labute approximate surface area is 135 Å². The average molecular weight is 318 g/mol. The Morgan fingerprint density at radius 3 is 2.95 bits per heavy atom. The molecule has 22 heavy (non-hydrogen) atoms. The van der Waals surface area contributed by atoms with Crippen LogP contribution in [0.25, 0.3) is 0 Å². The van der Waals surface area contributed by atoms with Crippen LogP contribution in [0.2, 0.25) is 0 Å². The van der Waals surface area contributed by atoms with Gasteiger partial charge in [0.15, 0.2) is 5.13 Å². The molecule has 6 heteroatoms. The van der Waals surface area contributed by atoms with Crippen molar-refractivity contribution in [3.8, 4) is 0 Å². The third-order valence-corrected chi connectivity index (χ3v) is 4.95. The lowest BCUT2D eigenvalue weighted by molar-refractivity contribution is 0.163. The van der Waals surface area contributed by atoms with Crippen molar-refractivity contribution in [2.45, 2.75) is 25.7 Å². The molecule has 0 spiro atoms. The van der Waals surface area contributed by atoms with E-state index in [4.69, 9.17) is 10.1 Å². The first-order valence-corrected chi connectivity index (χ1v) is 8.61. The van der Waals surface area contributed by atoms with Crippen LogP contribution in [0.1, 0.15) is 30.0 Å². The zero-order valence-electron chi connectivity index (χ0n) is 12.8. The fraction of sp³-hybridized carbons (Fsp3) is 0.500. The van der Waals surface area contributed by atoms with E-state index < -0.39 is 0 Å².